The molecule has 0 saturated carbocycles. The summed E-state index contributed by atoms with van der Waals surface area (Å²) in [5, 5.41) is 2.92. The SMILES string of the molecule is CC(C)NC(=O)CN1CCN(C(=O)c2cc3c(s2)CCCC3)CC1. The van der Waals surface area contributed by atoms with Gasteiger partial charge in [0.25, 0.3) is 5.91 Å². The number of amides is 2. The van der Waals surface area contributed by atoms with Gasteiger partial charge in [0.2, 0.25) is 5.91 Å². The maximum absolute atomic E-state index is 12.7. The van der Waals surface area contributed by atoms with Crippen molar-refractivity contribution in [2.24, 2.45) is 0 Å². The quantitative estimate of drug-likeness (QED) is 0.903. The Bertz CT molecular complexity index is 580. The Morgan fingerprint density at radius 1 is 1.17 bits per heavy atom. The molecule has 24 heavy (non-hydrogen) atoms. The van der Waals surface area contributed by atoms with Crippen molar-refractivity contribution in [1.29, 1.82) is 0 Å². The van der Waals surface area contributed by atoms with Crippen LogP contribution in [0.5, 0.6) is 0 Å². The van der Waals surface area contributed by atoms with Crippen molar-refractivity contribution in [1.82, 2.24) is 15.1 Å². The van der Waals surface area contributed by atoms with Crippen LogP contribution in [0.15, 0.2) is 6.07 Å². The summed E-state index contributed by atoms with van der Waals surface area (Å²) in [6.07, 6.45) is 4.75. The van der Waals surface area contributed by atoms with Crippen molar-refractivity contribution in [3.8, 4) is 0 Å². The van der Waals surface area contributed by atoms with Gasteiger partial charge in [-0.3, -0.25) is 14.5 Å². The summed E-state index contributed by atoms with van der Waals surface area (Å²) in [5.74, 6) is 0.233. The number of nitrogens with one attached hydrogen (secondary N) is 1. The number of piperazine rings is 1. The lowest BCUT2D eigenvalue weighted by Crippen LogP contribution is -2.51. The third kappa shape index (κ3) is 4.16. The molecule has 1 aliphatic heterocycles. The first-order chi connectivity index (χ1) is 11.5. The van der Waals surface area contributed by atoms with E-state index in [0.29, 0.717) is 19.6 Å². The Hall–Kier alpha value is -1.40. The fourth-order valence-electron chi connectivity index (χ4n) is 3.43. The number of hydrogen-bond donors (Lipinski definition) is 1. The molecule has 2 amide bonds. The van der Waals surface area contributed by atoms with Crippen molar-refractivity contribution in [2.45, 2.75) is 45.6 Å². The average Bonchev–Trinajstić information content (AvgIpc) is 2.98. The maximum Gasteiger partial charge on any atom is 0.264 e. The van der Waals surface area contributed by atoms with Gasteiger partial charge in [-0.1, -0.05) is 0 Å². The van der Waals surface area contributed by atoms with Crippen LogP contribution in [0.4, 0.5) is 0 Å². The van der Waals surface area contributed by atoms with Crippen molar-refractivity contribution in [2.75, 3.05) is 32.7 Å². The molecule has 0 atom stereocenters. The molecule has 0 unspecified atom stereocenters. The van der Waals surface area contributed by atoms with E-state index in [4.69, 9.17) is 0 Å². The van der Waals surface area contributed by atoms with Crippen molar-refractivity contribution in [3.05, 3.63) is 21.4 Å². The summed E-state index contributed by atoms with van der Waals surface area (Å²) in [7, 11) is 0. The van der Waals surface area contributed by atoms with Gasteiger partial charge >= 0.3 is 0 Å². The van der Waals surface area contributed by atoms with Crippen LogP contribution >= 0.6 is 11.3 Å². The van der Waals surface area contributed by atoms with E-state index in [2.05, 4.69) is 16.3 Å². The van der Waals surface area contributed by atoms with E-state index in [1.807, 2.05) is 18.7 Å². The minimum absolute atomic E-state index is 0.0655. The highest BCUT2D eigenvalue weighted by Crippen LogP contribution is 2.30. The second-order valence-electron chi connectivity index (χ2n) is 7.06. The number of aryl methyl sites for hydroxylation is 2. The summed E-state index contributed by atoms with van der Waals surface area (Å²) >= 11 is 1.69. The third-order valence-electron chi connectivity index (χ3n) is 4.68. The number of nitrogens with zero attached hydrogens (tertiary/aromatic N) is 2. The topological polar surface area (TPSA) is 52.7 Å². The lowest BCUT2D eigenvalue weighted by molar-refractivity contribution is -0.123. The number of hydrogen-bond acceptors (Lipinski definition) is 4. The summed E-state index contributed by atoms with van der Waals surface area (Å²) < 4.78 is 0. The van der Waals surface area contributed by atoms with E-state index in [0.717, 1.165) is 30.8 Å². The standard InChI is InChI=1S/C18H27N3O2S/c1-13(2)19-17(22)12-20-7-9-21(10-8-20)18(23)16-11-14-5-3-4-6-15(14)24-16/h11,13H,3-10,12H2,1-2H3,(H,19,22). The largest absolute Gasteiger partial charge is 0.353 e. The number of fused-ring (bicyclic) bond motifs is 1. The predicted octanol–water partition coefficient (Wildman–Crippen LogP) is 1.91. The Balaban J connectivity index is 1.52. The fourth-order valence-corrected chi connectivity index (χ4v) is 4.65. The Kier molecular flexibility index (Phi) is 5.56. The zero-order valence-electron chi connectivity index (χ0n) is 14.6. The van der Waals surface area contributed by atoms with Crippen LogP contribution < -0.4 is 5.32 Å². The van der Waals surface area contributed by atoms with Crippen LogP contribution in [0.3, 0.4) is 0 Å². The highest BCUT2D eigenvalue weighted by Gasteiger charge is 2.25. The molecular weight excluding hydrogens is 322 g/mol. The second kappa shape index (κ2) is 7.66. The van der Waals surface area contributed by atoms with E-state index < -0.39 is 0 Å². The van der Waals surface area contributed by atoms with Gasteiger partial charge in [-0.15, -0.1) is 11.3 Å². The monoisotopic (exact) mass is 349 g/mol. The molecule has 2 aliphatic rings. The lowest BCUT2D eigenvalue weighted by Gasteiger charge is -2.34. The molecule has 132 valence electrons. The van der Waals surface area contributed by atoms with Crippen molar-refractivity contribution in [3.63, 3.8) is 0 Å². The van der Waals surface area contributed by atoms with E-state index in [9.17, 15) is 9.59 Å². The molecule has 0 radical (unpaired) electrons. The highest BCUT2D eigenvalue weighted by molar-refractivity contribution is 7.14. The average molecular weight is 350 g/mol. The minimum Gasteiger partial charge on any atom is -0.353 e. The van der Waals surface area contributed by atoms with E-state index >= 15 is 0 Å². The molecule has 5 nitrogen and oxygen atoms in total. The van der Waals surface area contributed by atoms with E-state index in [1.165, 1.54) is 23.3 Å². The van der Waals surface area contributed by atoms with Gasteiger partial charge in [-0.05, 0) is 51.2 Å². The molecule has 0 spiro atoms. The van der Waals surface area contributed by atoms with Crippen LogP contribution in [0.25, 0.3) is 0 Å². The van der Waals surface area contributed by atoms with Crippen LogP contribution in [0.2, 0.25) is 0 Å². The Labute approximate surface area is 148 Å². The molecule has 1 aromatic rings. The van der Waals surface area contributed by atoms with Gasteiger partial charge in [-0.2, -0.15) is 0 Å². The first-order valence-corrected chi connectivity index (χ1v) is 9.77. The molecule has 2 heterocycles. The van der Waals surface area contributed by atoms with Gasteiger partial charge in [-0.25, -0.2) is 0 Å². The first-order valence-electron chi connectivity index (χ1n) is 8.95. The Morgan fingerprint density at radius 2 is 1.88 bits per heavy atom. The first kappa shape index (κ1) is 17.4. The lowest BCUT2D eigenvalue weighted by atomic mass is 9.99. The zero-order valence-corrected chi connectivity index (χ0v) is 15.5. The predicted molar refractivity (Wildman–Crippen MR) is 96.6 cm³/mol. The molecule has 0 bridgehead atoms. The number of thiophene rings is 1. The molecule has 6 heteroatoms. The molecule has 1 fully saturated rings. The summed E-state index contributed by atoms with van der Waals surface area (Å²) in [4.78, 5) is 30.9. The number of rotatable bonds is 4. The van der Waals surface area contributed by atoms with Crippen LogP contribution in [0, 0.1) is 0 Å². The number of carbonyl (C=O) groups excluding carboxylic acids is 2. The molecule has 1 saturated heterocycles. The van der Waals surface area contributed by atoms with Crippen LogP contribution in [-0.4, -0.2) is 60.4 Å². The molecule has 0 aromatic carbocycles. The van der Waals surface area contributed by atoms with Crippen LogP contribution in [0.1, 0.15) is 46.8 Å². The fraction of sp³-hybridized carbons (Fsp3) is 0.667. The minimum atomic E-state index is 0.0655. The highest BCUT2D eigenvalue weighted by atomic mass is 32.1. The summed E-state index contributed by atoms with van der Waals surface area (Å²) in [5.41, 5.74) is 1.39. The zero-order chi connectivity index (χ0) is 17.1. The summed E-state index contributed by atoms with van der Waals surface area (Å²) in [6.45, 7) is 7.30. The van der Waals surface area contributed by atoms with Gasteiger partial charge in [0.15, 0.2) is 0 Å². The molecule has 1 aliphatic carbocycles. The van der Waals surface area contributed by atoms with E-state index in [-0.39, 0.29) is 17.9 Å². The molecule has 1 aromatic heterocycles. The molecule has 1 N–H and O–H groups in total. The van der Waals surface area contributed by atoms with Gasteiger partial charge in [0, 0.05) is 37.1 Å². The second-order valence-corrected chi connectivity index (χ2v) is 8.19. The summed E-state index contributed by atoms with van der Waals surface area (Å²) in [6, 6.07) is 2.29. The molecule has 3 rings (SSSR count). The van der Waals surface area contributed by atoms with Gasteiger partial charge in [0.05, 0.1) is 11.4 Å². The number of carbonyl (C=O) groups is 2. The molecular formula is C18H27N3O2S. The van der Waals surface area contributed by atoms with Gasteiger partial charge in [0.1, 0.15) is 0 Å². The smallest absolute Gasteiger partial charge is 0.264 e. The Morgan fingerprint density at radius 3 is 2.54 bits per heavy atom. The van der Waals surface area contributed by atoms with E-state index in [1.54, 1.807) is 11.3 Å². The normalized spacial score (nSPS) is 18.5. The van der Waals surface area contributed by atoms with Crippen LogP contribution in [-0.2, 0) is 17.6 Å². The third-order valence-corrected chi connectivity index (χ3v) is 5.91. The van der Waals surface area contributed by atoms with Crippen molar-refractivity contribution < 1.29 is 9.59 Å². The van der Waals surface area contributed by atoms with Gasteiger partial charge < -0.3 is 10.2 Å². The van der Waals surface area contributed by atoms with Crippen molar-refractivity contribution >= 4 is 23.2 Å². The maximum atomic E-state index is 12.7.